The van der Waals surface area contributed by atoms with Gasteiger partial charge in [-0.1, -0.05) is 0 Å². The Labute approximate surface area is 96.2 Å². The van der Waals surface area contributed by atoms with Gasteiger partial charge in [0.15, 0.2) is 15.6 Å². The molecule has 2 N–H and O–H groups in total. The summed E-state index contributed by atoms with van der Waals surface area (Å²) in [6, 6.07) is 0. The predicted molar refractivity (Wildman–Crippen MR) is 59.7 cm³/mol. The average Bonchev–Trinajstić information content (AvgIpc) is 2.72. The third-order valence-corrected chi connectivity index (χ3v) is 5.19. The Morgan fingerprint density at radius 1 is 1.50 bits per heavy atom. The monoisotopic (exact) mass is 249 g/mol. The van der Waals surface area contributed by atoms with E-state index in [2.05, 4.69) is 0 Å². The minimum absolute atomic E-state index is 0.0123. The van der Waals surface area contributed by atoms with Crippen LogP contribution in [-0.2, 0) is 19.3 Å². The van der Waals surface area contributed by atoms with Crippen molar-refractivity contribution in [1.29, 1.82) is 0 Å². The Morgan fingerprint density at radius 2 is 2.25 bits per heavy atom. The molecule has 0 aromatic heterocycles. The van der Waals surface area contributed by atoms with Crippen LogP contribution in [0.25, 0.3) is 0 Å². The van der Waals surface area contributed by atoms with Crippen LogP contribution < -0.4 is 5.73 Å². The van der Waals surface area contributed by atoms with Crippen LogP contribution in [0.5, 0.6) is 0 Å². The smallest absolute Gasteiger partial charge is 0.169 e. The zero-order chi connectivity index (χ0) is 11.8. The van der Waals surface area contributed by atoms with Crippen LogP contribution in [-0.4, -0.2) is 45.0 Å². The van der Waals surface area contributed by atoms with Gasteiger partial charge in [0.05, 0.1) is 24.2 Å². The zero-order valence-corrected chi connectivity index (χ0v) is 10.3. The van der Waals surface area contributed by atoms with Crippen molar-refractivity contribution in [3.63, 3.8) is 0 Å². The standard InChI is InChI=1S/C10H19NO4S/c1-10(8-3-5-16(12,13)7-8)14-6-9(15-10)2-4-11/h8-9H,2-7,11H2,1H3. The van der Waals surface area contributed by atoms with Crippen molar-refractivity contribution in [2.45, 2.75) is 31.7 Å². The molecule has 0 radical (unpaired) electrons. The Hall–Kier alpha value is -0.170. The van der Waals surface area contributed by atoms with Crippen LogP contribution in [0.15, 0.2) is 0 Å². The van der Waals surface area contributed by atoms with E-state index in [4.69, 9.17) is 15.2 Å². The molecule has 0 aromatic carbocycles. The van der Waals surface area contributed by atoms with Crippen molar-refractivity contribution in [2.75, 3.05) is 24.7 Å². The van der Waals surface area contributed by atoms with Crippen LogP contribution in [0.2, 0.25) is 0 Å². The lowest BCUT2D eigenvalue weighted by atomic mass is 10.00. The fourth-order valence-corrected chi connectivity index (χ4v) is 4.30. The molecule has 0 aliphatic carbocycles. The van der Waals surface area contributed by atoms with Crippen LogP contribution in [0, 0.1) is 5.92 Å². The third kappa shape index (κ3) is 2.40. The van der Waals surface area contributed by atoms with E-state index in [9.17, 15) is 8.42 Å². The lowest BCUT2D eigenvalue weighted by molar-refractivity contribution is -0.185. The SMILES string of the molecule is CC1(C2CCS(=O)(=O)C2)OCC(CCN)O1. The van der Waals surface area contributed by atoms with Crippen molar-refractivity contribution in [1.82, 2.24) is 0 Å². The van der Waals surface area contributed by atoms with Gasteiger partial charge in [-0.2, -0.15) is 0 Å². The molecule has 3 unspecified atom stereocenters. The van der Waals surface area contributed by atoms with E-state index in [1.54, 1.807) is 0 Å². The molecule has 0 amide bonds. The quantitative estimate of drug-likeness (QED) is 0.755. The lowest BCUT2D eigenvalue weighted by Gasteiger charge is -2.29. The van der Waals surface area contributed by atoms with Gasteiger partial charge >= 0.3 is 0 Å². The molecule has 2 heterocycles. The van der Waals surface area contributed by atoms with Gasteiger partial charge in [0.1, 0.15) is 0 Å². The van der Waals surface area contributed by atoms with Gasteiger partial charge < -0.3 is 15.2 Å². The summed E-state index contributed by atoms with van der Waals surface area (Å²) < 4.78 is 34.3. The second-order valence-corrected chi connectivity index (χ2v) is 6.97. The highest BCUT2D eigenvalue weighted by molar-refractivity contribution is 7.91. The first-order valence-corrected chi connectivity index (χ1v) is 7.49. The average molecular weight is 249 g/mol. The molecule has 2 fully saturated rings. The van der Waals surface area contributed by atoms with Crippen molar-refractivity contribution in [3.8, 4) is 0 Å². The molecule has 2 saturated heterocycles. The topological polar surface area (TPSA) is 78.6 Å². The molecule has 2 aliphatic heterocycles. The summed E-state index contributed by atoms with van der Waals surface area (Å²) in [5, 5.41) is 0. The maximum Gasteiger partial charge on any atom is 0.169 e. The van der Waals surface area contributed by atoms with Crippen molar-refractivity contribution >= 4 is 9.84 Å². The molecule has 5 nitrogen and oxygen atoms in total. The summed E-state index contributed by atoms with van der Waals surface area (Å²) in [6.07, 6.45) is 1.40. The second kappa shape index (κ2) is 4.25. The maximum absolute atomic E-state index is 11.4. The van der Waals surface area contributed by atoms with Crippen LogP contribution >= 0.6 is 0 Å². The Balaban J connectivity index is 2.00. The first kappa shape index (κ1) is 12.3. The van der Waals surface area contributed by atoms with E-state index in [1.807, 2.05) is 6.92 Å². The first-order valence-electron chi connectivity index (χ1n) is 5.67. The Kier molecular flexibility index (Phi) is 3.27. The maximum atomic E-state index is 11.4. The Morgan fingerprint density at radius 3 is 2.81 bits per heavy atom. The Bertz CT molecular complexity index is 356. The highest BCUT2D eigenvalue weighted by Gasteiger charge is 2.48. The number of rotatable bonds is 3. The fourth-order valence-electron chi connectivity index (χ4n) is 2.41. The summed E-state index contributed by atoms with van der Waals surface area (Å²) in [7, 11) is -2.89. The highest BCUT2D eigenvalue weighted by Crippen LogP contribution is 2.37. The van der Waals surface area contributed by atoms with Gasteiger partial charge in [0, 0.05) is 5.92 Å². The summed E-state index contributed by atoms with van der Waals surface area (Å²) in [5.41, 5.74) is 5.46. The van der Waals surface area contributed by atoms with Gasteiger partial charge in [-0.3, -0.25) is 0 Å². The third-order valence-electron chi connectivity index (χ3n) is 3.42. The van der Waals surface area contributed by atoms with Crippen molar-refractivity contribution < 1.29 is 17.9 Å². The van der Waals surface area contributed by atoms with Gasteiger partial charge in [0.2, 0.25) is 0 Å². The fraction of sp³-hybridized carbons (Fsp3) is 1.00. The molecule has 6 heteroatoms. The van der Waals surface area contributed by atoms with Gasteiger partial charge in [0.25, 0.3) is 0 Å². The zero-order valence-electron chi connectivity index (χ0n) is 9.52. The molecule has 2 aliphatic rings. The van der Waals surface area contributed by atoms with E-state index in [0.29, 0.717) is 19.6 Å². The van der Waals surface area contributed by atoms with Crippen LogP contribution in [0.3, 0.4) is 0 Å². The number of ether oxygens (including phenoxy) is 2. The number of hydrogen-bond donors (Lipinski definition) is 1. The first-order chi connectivity index (χ1) is 7.45. The van der Waals surface area contributed by atoms with E-state index >= 15 is 0 Å². The molecule has 94 valence electrons. The normalized spacial score (nSPS) is 42.6. The van der Waals surface area contributed by atoms with Crippen molar-refractivity contribution in [3.05, 3.63) is 0 Å². The highest BCUT2D eigenvalue weighted by atomic mass is 32.2. The largest absolute Gasteiger partial charge is 0.347 e. The molecule has 0 bridgehead atoms. The van der Waals surface area contributed by atoms with E-state index in [1.165, 1.54) is 0 Å². The molecule has 0 spiro atoms. The number of sulfone groups is 1. The summed E-state index contributed by atoms with van der Waals surface area (Å²) >= 11 is 0. The number of hydrogen-bond acceptors (Lipinski definition) is 5. The minimum Gasteiger partial charge on any atom is -0.347 e. The van der Waals surface area contributed by atoms with E-state index < -0.39 is 15.6 Å². The van der Waals surface area contributed by atoms with E-state index in [0.717, 1.165) is 6.42 Å². The molecule has 16 heavy (non-hydrogen) atoms. The molecule has 0 aromatic rings. The van der Waals surface area contributed by atoms with E-state index in [-0.39, 0.29) is 23.5 Å². The molecule has 0 saturated carbocycles. The minimum atomic E-state index is -2.89. The van der Waals surface area contributed by atoms with Gasteiger partial charge in [-0.15, -0.1) is 0 Å². The summed E-state index contributed by atoms with van der Waals surface area (Å²) in [5.74, 6) is -0.343. The summed E-state index contributed by atoms with van der Waals surface area (Å²) in [6.45, 7) is 2.92. The molecular weight excluding hydrogens is 230 g/mol. The van der Waals surface area contributed by atoms with Crippen LogP contribution in [0.4, 0.5) is 0 Å². The number of nitrogens with two attached hydrogens (primary N) is 1. The lowest BCUT2D eigenvalue weighted by Crippen LogP contribution is -2.37. The molecule has 3 atom stereocenters. The van der Waals surface area contributed by atoms with Gasteiger partial charge in [-0.25, -0.2) is 8.42 Å². The predicted octanol–water partition coefficient (Wildman–Crippen LogP) is -0.0985. The molecule has 2 rings (SSSR count). The second-order valence-electron chi connectivity index (χ2n) is 4.74. The van der Waals surface area contributed by atoms with Gasteiger partial charge in [-0.05, 0) is 26.3 Å². The summed E-state index contributed by atoms with van der Waals surface area (Å²) in [4.78, 5) is 0. The molecular formula is C10H19NO4S. The van der Waals surface area contributed by atoms with Crippen molar-refractivity contribution in [2.24, 2.45) is 11.7 Å². The van der Waals surface area contributed by atoms with Crippen LogP contribution in [0.1, 0.15) is 19.8 Å².